The minimum atomic E-state index is -1.26. The third kappa shape index (κ3) is 4.89. The molecule has 5 N–H and O–H groups in total. The van der Waals surface area contributed by atoms with E-state index in [0.717, 1.165) is 17.6 Å². The molecule has 0 saturated carbocycles. The average Bonchev–Trinajstić information content (AvgIpc) is 3.02. The Morgan fingerprint density at radius 3 is 2.40 bits per heavy atom. The van der Waals surface area contributed by atoms with Gasteiger partial charge in [0.2, 0.25) is 0 Å². The lowest BCUT2D eigenvalue weighted by atomic mass is 10.0. The lowest BCUT2D eigenvalue weighted by Gasteiger charge is -2.09. The molecule has 0 aliphatic carbocycles. The molecule has 7 heteroatoms. The zero-order valence-corrected chi connectivity index (χ0v) is 13.6. The number of aliphatic carboxylic acids is 2. The molecule has 0 aliphatic heterocycles. The fourth-order valence-corrected chi connectivity index (χ4v) is 2.47. The Bertz CT molecular complexity index is 912. The zero-order valence-electron chi connectivity index (χ0n) is 13.6. The van der Waals surface area contributed by atoms with Crippen molar-refractivity contribution in [3.8, 4) is 0 Å². The maximum atomic E-state index is 9.55. The number of hydrogen-bond acceptors (Lipinski definition) is 4. The van der Waals surface area contributed by atoms with E-state index in [4.69, 9.17) is 15.9 Å². The van der Waals surface area contributed by atoms with Crippen molar-refractivity contribution in [1.82, 2.24) is 9.97 Å². The lowest BCUT2D eigenvalue weighted by molar-refractivity contribution is -0.134. The van der Waals surface area contributed by atoms with Gasteiger partial charge in [-0.15, -0.1) is 0 Å². The largest absolute Gasteiger partial charge is 0.478 e. The molecule has 0 radical (unpaired) electrons. The molecular weight excluding hydrogens is 322 g/mol. The highest BCUT2D eigenvalue weighted by Gasteiger charge is 2.09. The first-order valence-electron chi connectivity index (χ1n) is 7.61. The van der Waals surface area contributed by atoms with Gasteiger partial charge >= 0.3 is 11.9 Å². The second-order valence-electron chi connectivity index (χ2n) is 5.55. The Hall–Kier alpha value is -3.19. The number of nitrogens with one attached hydrogen (secondary N) is 1. The summed E-state index contributed by atoms with van der Waals surface area (Å²) in [7, 11) is 0. The van der Waals surface area contributed by atoms with Gasteiger partial charge < -0.3 is 20.9 Å². The van der Waals surface area contributed by atoms with E-state index in [-0.39, 0.29) is 6.04 Å². The van der Waals surface area contributed by atoms with Gasteiger partial charge in [-0.2, -0.15) is 0 Å². The summed E-state index contributed by atoms with van der Waals surface area (Å²) in [5, 5.41) is 19.3. The predicted molar refractivity (Wildman–Crippen MR) is 95.4 cm³/mol. The third-order valence-corrected chi connectivity index (χ3v) is 3.42. The van der Waals surface area contributed by atoms with Crippen LogP contribution in [0.5, 0.6) is 0 Å². The summed E-state index contributed by atoms with van der Waals surface area (Å²) in [6.45, 7) is 2.01. The maximum absolute atomic E-state index is 9.55. The standard InChI is InChI=1S/C14H15N3.C4H4O4/c1-9(15)8-12-13-10(4-6-16-12)2-3-11-5-7-17-14(11)13;5-3(6)1-2-4(7)8/h2-7,9,17H,8,15H2,1H3;1-2H,(H,5,6)(H,7,8)/b;2-1+/t9-;/m0./s1. The quantitative estimate of drug-likeness (QED) is 0.539. The van der Waals surface area contributed by atoms with Crippen molar-refractivity contribution >= 4 is 33.6 Å². The Morgan fingerprint density at radius 1 is 1.16 bits per heavy atom. The molecule has 0 saturated heterocycles. The average molecular weight is 341 g/mol. The summed E-state index contributed by atoms with van der Waals surface area (Å²) in [6, 6.07) is 8.51. The predicted octanol–water partition coefficient (Wildman–Crippen LogP) is 2.32. The highest BCUT2D eigenvalue weighted by Crippen LogP contribution is 2.26. The van der Waals surface area contributed by atoms with Crippen LogP contribution in [-0.4, -0.2) is 38.2 Å². The number of carbonyl (C=O) groups is 2. The van der Waals surface area contributed by atoms with Crippen molar-refractivity contribution < 1.29 is 19.8 Å². The van der Waals surface area contributed by atoms with Gasteiger partial charge in [-0.05, 0) is 24.4 Å². The summed E-state index contributed by atoms with van der Waals surface area (Å²) in [5.74, 6) is -2.51. The molecular formula is C18H19N3O4. The van der Waals surface area contributed by atoms with E-state index in [2.05, 4.69) is 28.2 Å². The molecule has 1 atom stereocenters. The summed E-state index contributed by atoms with van der Waals surface area (Å²) in [6.07, 6.45) is 5.74. The smallest absolute Gasteiger partial charge is 0.328 e. The molecule has 0 fully saturated rings. The summed E-state index contributed by atoms with van der Waals surface area (Å²) in [4.78, 5) is 26.9. The van der Waals surface area contributed by atoms with E-state index in [1.54, 1.807) is 0 Å². The summed E-state index contributed by atoms with van der Waals surface area (Å²) in [5.41, 5.74) is 8.12. The number of rotatable bonds is 4. The highest BCUT2D eigenvalue weighted by molar-refractivity contribution is 6.06. The first-order valence-corrected chi connectivity index (χ1v) is 7.61. The van der Waals surface area contributed by atoms with Crippen LogP contribution in [-0.2, 0) is 16.0 Å². The fraction of sp³-hybridized carbons (Fsp3) is 0.167. The first kappa shape index (κ1) is 18.2. The number of hydrogen-bond donors (Lipinski definition) is 4. The molecule has 2 heterocycles. The number of pyridine rings is 1. The van der Waals surface area contributed by atoms with Crippen LogP contribution in [0.4, 0.5) is 0 Å². The lowest BCUT2D eigenvalue weighted by Crippen LogP contribution is -2.18. The van der Waals surface area contributed by atoms with Crippen LogP contribution in [0.3, 0.4) is 0 Å². The van der Waals surface area contributed by atoms with Crippen LogP contribution >= 0.6 is 0 Å². The fourth-order valence-electron chi connectivity index (χ4n) is 2.47. The molecule has 7 nitrogen and oxygen atoms in total. The van der Waals surface area contributed by atoms with Gasteiger partial charge in [0.1, 0.15) is 0 Å². The Kier molecular flexibility index (Phi) is 5.86. The third-order valence-electron chi connectivity index (χ3n) is 3.42. The Morgan fingerprint density at radius 2 is 1.80 bits per heavy atom. The number of nitrogens with two attached hydrogens (primary N) is 1. The van der Waals surface area contributed by atoms with Crippen molar-refractivity contribution in [2.75, 3.05) is 0 Å². The van der Waals surface area contributed by atoms with Crippen LogP contribution in [0.25, 0.3) is 21.7 Å². The maximum Gasteiger partial charge on any atom is 0.328 e. The minimum Gasteiger partial charge on any atom is -0.478 e. The van der Waals surface area contributed by atoms with Gasteiger partial charge in [0.05, 0.1) is 11.2 Å². The molecule has 3 rings (SSSR count). The molecule has 2 aromatic heterocycles. The highest BCUT2D eigenvalue weighted by atomic mass is 16.4. The Labute approximate surface area is 143 Å². The molecule has 0 bridgehead atoms. The second-order valence-corrected chi connectivity index (χ2v) is 5.55. The SMILES string of the molecule is C[C@H](N)Cc1nccc2ccc3cc[nH]c3c12.O=C(O)/C=C/C(=O)O. The van der Waals surface area contributed by atoms with E-state index in [0.29, 0.717) is 12.2 Å². The molecule has 0 spiro atoms. The Balaban J connectivity index is 0.000000242. The van der Waals surface area contributed by atoms with Gasteiger partial charge in [-0.3, -0.25) is 4.98 Å². The number of carboxylic acids is 2. The van der Waals surface area contributed by atoms with Gasteiger partial charge in [0.15, 0.2) is 0 Å². The topological polar surface area (TPSA) is 129 Å². The number of H-pyrrole nitrogens is 1. The number of aromatic nitrogens is 2. The van der Waals surface area contributed by atoms with E-state index < -0.39 is 11.9 Å². The minimum absolute atomic E-state index is 0.123. The van der Waals surface area contributed by atoms with Gasteiger partial charge in [-0.1, -0.05) is 12.1 Å². The van der Waals surface area contributed by atoms with Gasteiger partial charge in [0, 0.05) is 47.8 Å². The van der Waals surface area contributed by atoms with Crippen LogP contribution in [0.2, 0.25) is 0 Å². The van der Waals surface area contributed by atoms with E-state index in [1.165, 1.54) is 16.2 Å². The number of carboxylic acid groups (broad SMARTS) is 2. The molecule has 130 valence electrons. The van der Waals surface area contributed by atoms with Crippen LogP contribution < -0.4 is 5.73 Å². The van der Waals surface area contributed by atoms with Crippen molar-refractivity contribution in [3.63, 3.8) is 0 Å². The van der Waals surface area contributed by atoms with E-state index in [1.807, 2.05) is 25.4 Å². The molecule has 3 aromatic rings. The molecule has 0 amide bonds. The number of fused-ring (bicyclic) bond motifs is 3. The molecule has 1 aromatic carbocycles. The number of benzene rings is 1. The molecule has 25 heavy (non-hydrogen) atoms. The van der Waals surface area contributed by atoms with Crippen molar-refractivity contribution in [2.45, 2.75) is 19.4 Å². The number of aromatic amines is 1. The van der Waals surface area contributed by atoms with Crippen molar-refractivity contribution in [3.05, 3.63) is 54.5 Å². The van der Waals surface area contributed by atoms with E-state index in [9.17, 15) is 9.59 Å². The molecule has 0 aliphatic rings. The van der Waals surface area contributed by atoms with Crippen molar-refractivity contribution in [2.24, 2.45) is 5.73 Å². The van der Waals surface area contributed by atoms with Crippen molar-refractivity contribution in [1.29, 1.82) is 0 Å². The first-order chi connectivity index (χ1) is 11.9. The second kappa shape index (κ2) is 8.07. The molecule has 0 unspecified atom stereocenters. The normalized spacial score (nSPS) is 12.1. The summed E-state index contributed by atoms with van der Waals surface area (Å²) >= 11 is 0. The monoisotopic (exact) mass is 341 g/mol. The van der Waals surface area contributed by atoms with Gasteiger partial charge in [-0.25, -0.2) is 9.59 Å². The zero-order chi connectivity index (χ0) is 18.4. The van der Waals surface area contributed by atoms with Crippen LogP contribution in [0.15, 0.2) is 48.8 Å². The van der Waals surface area contributed by atoms with Gasteiger partial charge in [0.25, 0.3) is 0 Å². The number of nitrogens with zero attached hydrogens (tertiary/aromatic N) is 1. The van der Waals surface area contributed by atoms with E-state index >= 15 is 0 Å². The van der Waals surface area contributed by atoms with Crippen LogP contribution in [0.1, 0.15) is 12.6 Å². The van der Waals surface area contributed by atoms with Crippen LogP contribution in [0, 0.1) is 0 Å². The summed E-state index contributed by atoms with van der Waals surface area (Å²) < 4.78 is 0.